The number of rotatable bonds is 8. The van der Waals surface area contributed by atoms with Gasteiger partial charge in [-0.1, -0.05) is 45.7 Å². The van der Waals surface area contributed by atoms with Gasteiger partial charge in [0.15, 0.2) is 11.5 Å². The molecule has 1 heterocycles. The van der Waals surface area contributed by atoms with Crippen LogP contribution in [0.25, 0.3) is 6.08 Å². The Bertz CT molecular complexity index is 1510. The second-order valence-corrected chi connectivity index (χ2v) is 12.3. The summed E-state index contributed by atoms with van der Waals surface area (Å²) in [4.78, 5) is 26.9. The molecule has 0 saturated carbocycles. The lowest BCUT2D eigenvalue weighted by Gasteiger charge is -2.15. The van der Waals surface area contributed by atoms with Crippen LogP contribution in [0.4, 0.5) is 4.79 Å². The van der Waals surface area contributed by atoms with Gasteiger partial charge in [-0.2, -0.15) is 8.42 Å². The Morgan fingerprint density at radius 2 is 1.73 bits per heavy atom. The summed E-state index contributed by atoms with van der Waals surface area (Å²) in [5.74, 6) is -0.324. The van der Waals surface area contributed by atoms with Crippen molar-refractivity contribution in [2.75, 3.05) is 6.61 Å². The first-order valence-electron chi connectivity index (χ1n) is 10.7. The molecular weight excluding hydrogens is 670 g/mol. The van der Waals surface area contributed by atoms with Crippen LogP contribution in [0.2, 0.25) is 5.02 Å². The van der Waals surface area contributed by atoms with Gasteiger partial charge < -0.3 is 8.92 Å². The molecular formula is C25H18Br2ClNO6S2. The Morgan fingerprint density at radius 1 is 1.03 bits per heavy atom. The summed E-state index contributed by atoms with van der Waals surface area (Å²) in [6, 6.07) is 16.1. The van der Waals surface area contributed by atoms with E-state index in [1.54, 1.807) is 25.1 Å². The number of imide groups is 1. The lowest BCUT2D eigenvalue weighted by atomic mass is 10.1. The zero-order valence-corrected chi connectivity index (χ0v) is 24.7. The van der Waals surface area contributed by atoms with E-state index in [1.165, 1.54) is 29.2 Å². The van der Waals surface area contributed by atoms with E-state index in [0.717, 1.165) is 21.8 Å². The topological polar surface area (TPSA) is 90.0 Å². The fraction of sp³-hybridized carbons (Fsp3) is 0.120. The first kappa shape index (κ1) is 27.7. The highest BCUT2D eigenvalue weighted by Gasteiger charge is 2.35. The van der Waals surface area contributed by atoms with Crippen molar-refractivity contribution in [1.29, 1.82) is 0 Å². The van der Waals surface area contributed by atoms with Gasteiger partial charge in [0.2, 0.25) is 0 Å². The molecule has 0 aliphatic carbocycles. The molecule has 3 aromatic rings. The van der Waals surface area contributed by atoms with Gasteiger partial charge in [-0.05, 0) is 94.3 Å². The summed E-state index contributed by atoms with van der Waals surface area (Å²) < 4.78 is 37.8. The van der Waals surface area contributed by atoms with Crippen LogP contribution in [-0.2, 0) is 21.5 Å². The first-order valence-corrected chi connectivity index (χ1v) is 14.9. The molecule has 1 aliphatic heterocycles. The van der Waals surface area contributed by atoms with E-state index in [9.17, 15) is 18.0 Å². The molecule has 0 unspecified atom stereocenters. The lowest BCUT2D eigenvalue weighted by molar-refractivity contribution is -0.123. The number of carbonyl (C=O) groups is 2. The predicted octanol–water partition coefficient (Wildman–Crippen LogP) is 7.27. The summed E-state index contributed by atoms with van der Waals surface area (Å²) in [6.45, 7) is 2.10. The van der Waals surface area contributed by atoms with E-state index < -0.39 is 16.0 Å². The van der Waals surface area contributed by atoms with Crippen molar-refractivity contribution in [1.82, 2.24) is 4.90 Å². The molecule has 2 amide bonds. The molecule has 1 fully saturated rings. The molecule has 1 aliphatic rings. The highest BCUT2D eigenvalue weighted by atomic mass is 79.9. The maximum Gasteiger partial charge on any atom is 0.339 e. The molecule has 4 rings (SSSR count). The molecule has 1 saturated heterocycles. The van der Waals surface area contributed by atoms with Crippen LogP contribution in [0.1, 0.15) is 18.1 Å². The third kappa shape index (κ3) is 6.40. The Balaban J connectivity index is 1.62. The second-order valence-electron chi connectivity index (χ2n) is 7.61. The molecule has 0 aromatic heterocycles. The van der Waals surface area contributed by atoms with Crippen LogP contribution in [-0.4, -0.2) is 31.1 Å². The number of thioether (sulfide) groups is 1. The van der Waals surface area contributed by atoms with Gasteiger partial charge in [0.05, 0.1) is 22.5 Å². The van der Waals surface area contributed by atoms with Crippen LogP contribution in [0, 0.1) is 0 Å². The van der Waals surface area contributed by atoms with E-state index in [0.29, 0.717) is 10.6 Å². The summed E-state index contributed by atoms with van der Waals surface area (Å²) in [5, 5.41) is 0.00502. The van der Waals surface area contributed by atoms with Crippen LogP contribution >= 0.6 is 55.2 Å². The maximum atomic E-state index is 13.0. The van der Waals surface area contributed by atoms with Crippen molar-refractivity contribution in [3.8, 4) is 11.5 Å². The highest BCUT2D eigenvalue weighted by molar-refractivity contribution is 9.10. The van der Waals surface area contributed by atoms with Gasteiger partial charge in [-0.15, -0.1) is 0 Å². The summed E-state index contributed by atoms with van der Waals surface area (Å²) in [5.41, 5.74) is 1.31. The fourth-order valence-corrected chi connectivity index (χ4v) is 6.34. The van der Waals surface area contributed by atoms with E-state index in [-0.39, 0.29) is 44.2 Å². The summed E-state index contributed by atoms with van der Waals surface area (Å²) in [7, 11) is -4.18. The molecule has 192 valence electrons. The van der Waals surface area contributed by atoms with Gasteiger partial charge in [0.1, 0.15) is 4.90 Å². The number of ether oxygens (including phenoxy) is 1. The molecule has 37 heavy (non-hydrogen) atoms. The van der Waals surface area contributed by atoms with Gasteiger partial charge >= 0.3 is 10.1 Å². The van der Waals surface area contributed by atoms with Gasteiger partial charge in [-0.25, -0.2) is 0 Å². The van der Waals surface area contributed by atoms with Crippen molar-refractivity contribution in [2.45, 2.75) is 18.4 Å². The molecule has 0 radical (unpaired) electrons. The average Bonchev–Trinajstić information content (AvgIpc) is 3.10. The molecule has 7 nitrogen and oxygen atoms in total. The third-order valence-corrected chi connectivity index (χ3v) is 8.84. The van der Waals surface area contributed by atoms with Crippen molar-refractivity contribution < 1.29 is 26.9 Å². The van der Waals surface area contributed by atoms with E-state index in [1.807, 2.05) is 24.3 Å². The predicted molar refractivity (Wildman–Crippen MR) is 150 cm³/mol. The SMILES string of the molecule is CCOc1cc(/C=C2\SC(=O)N(Cc3ccccc3Br)C2=O)cc(Br)c1OS(=O)(=O)c1ccc(Cl)cc1. The molecule has 0 bridgehead atoms. The molecule has 12 heteroatoms. The minimum absolute atomic E-state index is 0.0454. The average molecular weight is 688 g/mol. The first-order chi connectivity index (χ1) is 17.6. The third-order valence-electron chi connectivity index (χ3n) is 5.08. The molecule has 0 N–H and O–H groups in total. The van der Waals surface area contributed by atoms with E-state index in [4.69, 9.17) is 20.5 Å². The summed E-state index contributed by atoms with van der Waals surface area (Å²) >= 11 is 13.5. The molecule has 3 aromatic carbocycles. The van der Waals surface area contributed by atoms with Gasteiger partial charge in [-0.3, -0.25) is 14.5 Å². The van der Waals surface area contributed by atoms with Crippen molar-refractivity contribution in [3.05, 3.63) is 90.7 Å². The zero-order chi connectivity index (χ0) is 26.7. The maximum absolute atomic E-state index is 13.0. The lowest BCUT2D eigenvalue weighted by Crippen LogP contribution is -2.27. The second kappa shape index (κ2) is 11.6. The highest BCUT2D eigenvalue weighted by Crippen LogP contribution is 2.41. The zero-order valence-electron chi connectivity index (χ0n) is 19.1. The Morgan fingerprint density at radius 3 is 2.41 bits per heavy atom. The fourth-order valence-electron chi connectivity index (χ4n) is 3.36. The Kier molecular flexibility index (Phi) is 8.70. The van der Waals surface area contributed by atoms with Gasteiger partial charge in [0.25, 0.3) is 11.1 Å². The van der Waals surface area contributed by atoms with Crippen LogP contribution in [0.5, 0.6) is 11.5 Å². The quantitative estimate of drug-likeness (QED) is 0.182. The number of amides is 2. The molecule has 0 spiro atoms. The van der Waals surface area contributed by atoms with Crippen LogP contribution < -0.4 is 8.92 Å². The number of benzene rings is 3. The Labute approximate surface area is 240 Å². The number of nitrogens with zero attached hydrogens (tertiary/aromatic N) is 1. The van der Waals surface area contributed by atoms with E-state index in [2.05, 4.69) is 31.9 Å². The van der Waals surface area contributed by atoms with Crippen LogP contribution in [0.15, 0.2) is 79.4 Å². The number of carbonyl (C=O) groups excluding carboxylic acids is 2. The summed E-state index contributed by atoms with van der Waals surface area (Å²) in [6.07, 6.45) is 1.55. The van der Waals surface area contributed by atoms with E-state index >= 15 is 0 Å². The minimum atomic E-state index is -4.18. The smallest absolute Gasteiger partial charge is 0.339 e. The van der Waals surface area contributed by atoms with Crippen molar-refractivity contribution in [3.63, 3.8) is 0 Å². The largest absolute Gasteiger partial charge is 0.490 e. The van der Waals surface area contributed by atoms with Crippen molar-refractivity contribution >= 4 is 82.6 Å². The standard InChI is InChI=1S/C25H18Br2ClNO6S2/c1-2-34-21-12-15(11-20(27)23(21)35-37(32,33)18-9-7-17(28)8-10-18)13-22-24(30)29(25(31)36-22)14-16-5-3-4-6-19(16)26/h3-13H,2,14H2,1H3/b22-13-. The monoisotopic (exact) mass is 685 g/mol. The van der Waals surface area contributed by atoms with Crippen LogP contribution in [0.3, 0.4) is 0 Å². The number of hydrogen-bond donors (Lipinski definition) is 0. The number of hydrogen-bond acceptors (Lipinski definition) is 7. The minimum Gasteiger partial charge on any atom is -0.490 e. The Hall–Kier alpha value is -2.31. The molecule has 0 atom stereocenters. The van der Waals surface area contributed by atoms with Gasteiger partial charge in [0, 0.05) is 9.50 Å². The normalized spacial score (nSPS) is 14.9. The van der Waals surface area contributed by atoms with Crippen molar-refractivity contribution in [2.24, 2.45) is 0 Å². The number of halogens is 3.